The average molecular weight is 253 g/mol. The summed E-state index contributed by atoms with van der Waals surface area (Å²) in [7, 11) is 1.67. The van der Waals surface area contributed by atoms with Crippen molar-refractivity contribution in [2.45, 2.75) is 18.9 Å². The highest BCUT2D eigenvalue weighted by atomic mass is 16.4. The Kier molecular flexibility index (Phi) is 4.47. The molecule has 0 fully saturated rings. The summed E-state index contributed by atoms with van der Waals surface area (Å²) in [6.45, 7) is 0. The van der Waals surface area contributed by atoms with Crippen LogP contribution < -0.4 is 11.1 Å². The van der Waals surface area contributed by atoms with Crippen LogP contribution >= 0.6 is 0 Å². The molecular weight excluding hydrogens is 238 g/mol. The van der Waals surface area contributed by atoms with Gasteiger partial charge in [0.15, 0.2) is 0 Å². The molecule has 98 valence electrons. The Labute approximate surface area is 104 Å². The van der Waals surface area contributed by atoms with Gasteiger partial charge in [0.2, 0.25) is 5.91 Å². The van der Waals surface area contributed by atoms with E-state index in [1.165, 1.54) is 0 Å². The number of hydrogen-bond acceptors (Lipinski definition) is 3. The molecule has 0 aliphatic carbocycles. The summed E-state index contributed by atoms with van der Waals surface area (Å²) in [5.74, 6) is -2.30. The van der Waals surface area contributed by atoms with Crippen molar-refractivity contribution in [1.29, 1.82) is 0 Å². The van der Waals surface area contributed by atoms with Gasteiger partial charge < -0.3 is 20.7 Å². The first kappa shape index (κ1) is 13.8. The molecule has 2 amide bonds. The lowest BCUT2D eigenvalue weighted by Crippen LogP contribution is -2.41. The van der Waals surface area contributed by atoms with Gasteiger partial charge in [-0.2, -0.15) is 0 Å². The van der Waals surface area contributed by atoms with Crippen LogP contribution in [0.1, 0.15) is 23.3 Å². The van der Waals surface area contributed by atoms with Crippen LogP contribution in [0.4, 0.5) is 0 Å². The zero-order valence-electron chi connectivity index (χ0n) is 9.92. The van der Waals surface area contributed by atoms with Crippen molar-refractivity contribution in [2.24, 2.45) is 12.8 Å². The lowest BCUT2D eigenvalue weighted by molar-refractivity contribution is -0.139. The lowest BCUT2D eigenvalue weighted by atomic mass is 10.1. The molecule has 0 bridgehead atoms. The third-order valence-electron chi connectivity index (χ3n) is 2.46. The molecule has 0 saturated heterocycles. The summed E-state index contributed by atoms with van der Waals surface area (Å²) in [5.41, 5.74) is 5.29. The summed E-state index contributed by atoms with van der Waals surface area (Å²) in [4.78, 5) is 33.3. The predicted molar refractivity (Wildman–Crippen MR) is 62.7 cm³/mol. The number of carbonyl (C=O) groups is 3. The van der Waals surface area contributed by atoms with E-state index < -0.39 is 23.8 Å². The van der Waals surface area contributed by atoms with E-state index in [0.29, 0.717) is 5.69 Å². The highest BCUT2D eigenvalue weighted by molar-refractivity contribution is 5.95. The van der Waals surface area contributed by atoms with Crippen LogP contribution in [0.3, 0.4) is 0 Å². The van der Waals surface area contributed by atoms with E-state index in [0.717, 1.165) is 0 Å². The number of aromatic nitrogens is 1. The van der Waals surface area contributed by atoms with Crippen molar-refractivity contribution < 1.29 is 19.5 Å². The smallest absolute Gasteiger partial charge is 0.326 e. The van der Waals surface area contributed by atoms with Crippen molar-refractivity contribution in [1.82, 2.24) is 9.88 Å². The zero-order valence-corrected chi connectivity index (χ0v) is 9.92. The Bertz CT molecular complexity index is 467. The third kappa shape index (κ3) is 3.62. The molecule has 4 N–H and O–H groups in total. The van der Waals surface area contributed by atoms with E-state index in [-0.39, 0.29) is 12.8 Å². The van der Waals surface area contributed by atoms with Crippen LogP contribution in [0, 0.1) is 0 Å². The van der Waals surface area contributed by atoms with Crippen LogP contribution in [-0.2, 0) is 16.6 Å². The highest BCUT2D eigenvalue weighted by Gasteiger charge is 2.21. The van der Waals surface area contributed by atoms with Gasteiger partial charge in [0.25, 0.3) is 5.91 Å². The molecule has 7 nitrogen and oxygen atoms in total. The van der Waals surface area contributed by atoms with Crippen molar-refractivity contribution in [3.05, 3.63) is 24.0 Å². The molecule has 0 radical (unpaired) electrons. The van der Waals surface area contributed by atoms with E-state index in [9.17, 15) is 14.4 Å². The number of hydrogen-bond donors (Lipinski definition) is 3. The van der Waals surface area contributed by atoms with Crippen molar-refractivity contribution in [3.8, 4) is 0 Å². The summed E-state index contributed by atoms with van der Waals surface area (Å²) in [5, 5.41) is 11.3. The minimum Gasteiger partial charge on any atom is -0.480 e. The van der Waals surface area contributed by atoms with Crippen LogP contribution in [0.5, 0.6) is 0 Å². The Hall–Kier alpha value is -2.31. The SMILES string of the molecule is Cn1cccc1C(=O)NC(CCC(N)=O)C(=O)O. The van der Waals surface area contributed by atoms with E-state index >= 15 is 0 Å². The topological polar surface area (TPSA) is 114 Å². The number of aliphatic carboxylic acids is 1. The second-order valence-electron chi connectivity index (χ2n) is 3.87. The highest BCUT2D eigenvalue weighted by Crippen LogP contribution is 2.03. The maximum atomic E-state index is 11.8. The first-order valence-corrected chi connectivity index (χ1v) is 5.35. The standard InChI is InChI=1S/C11H15N3O4/c1-14-6-2-3-8(14)10(16)13-7(11(17)18)4-5-9(12)15/h2-3,6-7H,4-5H2,1H3,(H2,12,15)(H,13,16)(H,17,18). The lowest BCUT2D eigenvalue weighted by Gasteiger charge is -2.13. The number of rotatable bonds is 6. The minimum absolute atomic E-state index is 0.0270. The number of nitrogens with zero attached hydrogens (tertiary/aromatic N) is 1. The maximum Gasteiger partial charge on any atom is 0.326 e. The van der Waals surface area contributed by atoms with Crippen molar-refractivity contribution >= 4 is 17.8 Å². The van der Waals surface area contributed by atoms with Gasteiger partial charge in [-0.3, -0.25) is 9.59 Å². The van der Waals surface area contributed by atoms with Crippen LogP contribution in [0.25, 0.3) is 0 Å². The van der Waals surface area contributed by atoms with Gasteiger partial charge in [0, 0.05) is 19.7 Å². The maximum absolute atomic E-state index is 11.8. The molecule has 0 aliphatic heterocycles. The number of carboxylic acids is 1. The normalized spacial score (nSPS) is 11.8. The predicted octanol–water partition coefficient (Wildman–Crippen LogP) is -0.526. The van der Waals surface area contributed by atoms with Crippen molar-refractivity contribution in [2.75, 3.05) is 0 Å². The molecule has 18 heavy (non-hydrogen) atoms. The summed E-state index contributed by atoms with van der Waals surface area (Å²) < 4.78 is 1.57. The molecule has 1 atom stereocenters. The molecule has 0 spiro atoms. The largest absolute Gasteiger partial charge is 0.480 e. The Morgan fingerprint density at radius 1 is 1.50 bits per heavy atom. The summed E-state index contributed by atoms with van der Waals surface area (Å²) in [6, 6.07) is 2.12. The number of nitrogens with two attached hydrogens (primary N) is 1. The second-order valence-corrected chi connectivity index (χ2v) is 3.87. The Morgan fingerprint density at radius 3 is 2.61 bits per heavy atom. The number of nitrogens with one attached hydrogen (secondary N) is 1. The molecule has 1 aromatic rings. The fourth-order valence-corrected chi connectivity index (χ4v) is 1.47. The first-order valence-electron chi connectivity index (χ1n) is 5.35. The molecule has 1 heterocycles. The van der Waals surface area contributed by atoms with Crippen molar-refractivity contribution in [3.63, 3.8) is 0 Å². The summed E-state index contributed by atoms with van der Waals surface area (Å²) in [6.07, 6.45) is 1.55. The van der Waals surface area contributed by atoms with Gasteiger partial charge in [0.05, 0.1) is 0 Å². The van der Waals surface area contributed by atoms with Gasteiger partial charge in [-0.15, -0.1) is 0 Å². The molecule has 1 unspecified atom stereocenters. The van der Waals surface area contributed by atoms with E-state index in [4.69, 9.17) is 10.8 Å². The Morgan fingerprint density at radius 2 is 2.17 bits per heavy atom. The summed E-state index contributed by atoms with van der Waals surface area (Å²) >= 11 is 0. The fraction of sp³-hybridized carbons (Fsp3) is 0.364. The zero-order chi connectivity index (χ0) is 13.7. The van der Waals surface area contributed by atoms with E-state index in [1.807, 2.05) is 0 Å². The Balaban J connectivity index is 2.67. The molecule has 1 rings (SSSR count). The molecule has 0 aromatic carbocycles. The van der Waals surface area contributed by atoms with Gasteiger partial charge in [-0.1, -0.05) is 0 Å². The molecule has 1 aromatic heterocycles. The van der Waals surface area contributed by atoms with Crippen LogP contribution in [0.2, 0.25) is 0 Å². The molecule has 0 aliphatic rings. The number of carboxylic acid groups (broad SMARTS) is 1. The molecule has 0 saturated carbocycles. The van der Waals surface area contributed by atoms with E-state index in [1.54, 1.807) is 29.9 Å². The van der Waals surface area contributed by atoms with Crippen LogP contribution in [0.15, 0.2) is 18.3 Å². The van der Waals surface area contributed by atoms with E-state index in [2.05, 4.69) is 5.32 Å². The molecular formula is C11H15N3O4. The van der Waals surface area contributed by atoms with Gasteiger partial charge in [0.1, 0.15) is 11.7 Å². The van der Waals surface area contributed by atoms with Gasteiger partial charge in [-0.25, -0.2) is 4.79 Å². The average Bonchev–Trinajstić information content (AvgIpc) is 2.69. The third-order valence-corrected chi connectivity index (χ3v) is 2.46. The second kappa shape index (κ2) is 5.85. The first-order chi connectivity index (χ1) is 8.41. The number of aryl methyl sites for hydroxylation is 1. The monoisotopic (exact) mass is 253 g/mol. The minimum atomic E-state index is -1.20. The number of carbonyl (C=O) groups excluding carboxylic acids is 2. The fourth-order valence-electron chi connectivity index (χ4n) is 1.47. The quantitative estimate of drug-likeness (QED) is 0.632. The number of primary amides is 1. The molecule has 7 heteroatoms. The number of amides is 2. The van der Waals surface area contributed by atoms with Gasteiger partial charge in [-0.05, 0) is 18.6 Å². The van der Waals surface area contributed by atoms with Gasteiger partial charge >= 0.3 is 5.97 Å². The van der Waals surface area contributed by atoms with Crippen LogP contribution in [-0.4, -0.2) is 33.5 Å².